The predicted octanol–water partition coefficient (Wildman–Crippen LogP) is 1.41. The third-order valence-electron chi connectivity index (χ3n) is 1.88. The molecule has 0 atom stereocenters. The van der Waals surface area contributed by atoms with E-state index >= 15 is 0 Å². The molecule has 1 aromatic heterocycles. The number of nitrogens with one attached hydrogen (secondary N) is 1. The molecule has 5 heteroatoms. The first-order chi connectivity index (χ1) is 7.31. The van der Waals surface area contributed by atoms with Gasteiger partial charge in [-0.1, -0.05) is 30.3 Å². The molecule has 4 nitrogen and oxygen atoms in total. The summed E-state index contributed by atoms with van der Waals surface area (Å²) in [5, 5.41) is 0.814. The number of amides is 1. The number of nitrogens with zero attached hydrogens (tertiary/aromatic N) is 1. The van der Waals surface area contributed by atoms with Gasteiger partial charge in [0.25, 0.3) is 5.91 Å². The third-order valence-corrected chi connectivity index (χ3v) is 2.93. The largest absolute Gasteiger partial charge is 0.289 e. The van der Waals surface area contributed by atoms with E-state index in [0.29, 0.717) is 4.88 Å². The predicted molar refractivity (Wildman–Crippen MR) is 59.2 cm³/mol. The SMILES string of the molecule is NNC(=O)c1cnc(-c2ccccc2)s1. The quantitative estimate of drug-likeness (QED) is 0.456. The van der Waals surface area contributed by atoms with Crippen LogP contribution in [0.25, 0.3) is 10.6 Å². The number of benzene rings is 1. The van der Waals surface area contributed by atoms with E-state index in [0.717, 1.165) is 10.6 Å². The molecule has 0 fully saturated rings. The molecule has 0 spiro atoms. The van der Waals surface area contributed by atoms with Crippen molar-refractivity contribution in [1.82, 2.24) is 10.4 Å². The smallest absolute Gasteiger partial charge is 0.276 e. The molecule has 2 aromatic rings. The maximum absolute atomic E-state index is 11.2. The molecule has 15 heavy (non-hydrogen) atoms. The normalized spacial score (nSPS) is 9.93. The van der Waals surface area contributed by atoms with Gasteiger partial charge in [0.15, 0.2) is 0 Å². The van der Waals surface area contributed by atoms with E-state index in [4.69, 9.17) is 5.84 Å². The highest BCUT2D eigenvalue weighted by Crippen LogP contribution is 2.24. The highest BCUT2D eigenvalue weighted by atomic mass is 32.1. The van der Waals surface area contributed by atoms with Crippen LogP contribution in [-0.4, -0.2) is 10.9 Å². The minimum absolute atomic E-state index is 0.310. The van der Waals surface area contributed by atoms with Crippen molar-refractivity contribution in [3.05, 3.63) is 41.4 Å². The molecule has 0 radical (unpaired) electrons. The highest BCUT2D eigenvalue weighted by molar-refractivity contribution is 7.16. The number of aromatic nitrogens is 1. The molecule has 0 saturated heterocycles. The van der Waals surface area contributed by atoms with Gasteiger partial charge < -0.3 is 0 Å². The first-order valence-corrected chi connectivity index (χ1v) is 5.15. The Kier molecular flexibility index (Phi) is 2.75. The molecule has 2 rings (SSSR count). The molecule has 1 heterocycles. The lowest BCUT2D eigenvalue weighted by Crippen LogP contribution is -2.29. The summed E-state index contributed by atoms with van der Waals surface area (Å²) in [7, 11) is 0. The zero-order valence-electron chi connectivity index (χ0n) is 7.81. The fourth-order valence-electron chi connectivity index (χ4n) is 1.16. The van der Waals surface area contributed by atoms with Gasteiger partial charge in [-0.05, 0) is 0 Å². The Bertz CT molecular complexity index is 467. The lowest BCUT2D eigenvalue weighted by molar-refractivity contribution is 0.0957. The van der Waals surface area contributed by atoms with Crippen LogP contribution in [0, 0.1) is 0 Å². The zero-order chi connectivity index (χ0) is 10.7. The van der Waals surface area contributed by atoms with E-state index in [2.05, 4.69) is 10.4 Å². The van der Waals surface area contributed by atoms with Crippen LogP contribution in [0.4, 0.5) is 0 Å². The van der Waals surface area contributed by atoms with Crippen LogP contribution in [0.2, 0.25) is 0 Å². The summed E-state index contributed by atoms with van der Waals surface area (Å²) < 4.78 is 0. The molecule has 0 aliphatic carbocycles. The van der Waals surface area contributed by atoms with Crippen molar-refractivity contribution in [3.8, 4) is 10.6 Å². The number of carbonyl (C=O) groups is 1. The summed E-state index contributed by atoms with van der Waals surface area (Å²) in [6.07, 6.45) is 1.52. The topological polar surface area (TPSA) is 68.0 Å². The van der Waals surface area contributed by atoms with Crippen molar-refractivity contribution >= 4 is 17.2 Å². The second-order valence-electron chi connectivity index (χ2n) is 2.87. The summed E-state index contributed by atoms with van der Waals surface area (Å²) in [4.78, 5) is 15.9. The standard InChI is InChI=1S/C10H9N3OS/c11-13-9(14)8-6-12-10(15-8)7-4-2-1-3-5-7/h1-6H,11H2,(H,13,14). The molecule has 0 aliphatic rings. The molecule has 0 aliphatic heterocycles. The first-order valence-electron chi connectivity index (χ1n) is 4.33. The number of nitrogen functional groups attached to an aromatic ring is 1. The Hall–Kier alpha value is -1.72. The average molecular weight is 219 g/mol. The lowest BCUT2D eigenvalue weighted by atomic mass is 10.2. The lowest BCUT2D eigenvalue weighted by Gasteiger charge is -1.93. The van der Waals surface area contributed by atoms with E-state index in [-0.39, 0.29) is 5.91 Å². The molecular formula is C10H9N3OS. The Morgan fingerprint density at radius 2 is 2.07 bits per heavy atom. The van der Waals surface area contributed by atoms with Crippen LogP contribution in [-0.2, 0) is 0 Å². The Morgan fingerprint density at radius 1 is 1.33 bits per heavy atom. The fourth-order valence-corrected chi connectivity index (χ4v) is 1.99. The summed E-state index contributed by atoms with van der Waals surface area (Å²) >= 11 is 1.32. The Morgan fingerprint density at radius 3 is 2.73 bits per heavy atom. The van der Waals surface area contributed by atoms with E-state index < -0.39 is 0 Å². The van der Waals surface area contributed by atoms with Crippen LogP contribution >= 0.6 is 11.3 Å². The Balaban J connectivity index is 2.32. The van der Waals surface area contributed by atoms with Crippen LogP contribution < -0.4 is 11.3 Å². The van der Waals surface area contributed by atoms with E-state index in [1.54, 1.807) is 0 Å². The molecule has 76 valence electrons. The van der Waals surface area contributed by atoms with Crippen LogP contribution in [0.1, 0.15) is 9.67 Å². The molecule has 3 N–H and O–H groups in total. The molecule has 1 amide bonds. The number of hydrogen-bond acceptors (Lipinski definition) is 4. The molecule has 0 bridgehead atoms. The average Bonchev–Trinajstić information content (AvgIpc) is 2.78. The van der Waals surface area contributed by atoms with Crippen molar-refractivity contribution in [2.45, 2.75) is 0 Å². The fraction of sp³-hybridized carbons (Fsp3) is 0. The van der Waals surface area contributed by atoms with Gasteiger partial charge in [0, 0.05) is 5.56 Å². The Labute approximate surface area is 90.7 Å². The number of nitrogens with two attached hydrogens (primary N) is 1. The van der Waals surface area contributed by atoms with Crippen molar-refractivity contribution < 1.29 is 4.79 Å². The van der Waals surface area contributed by atoms with Crippen molar-refractivity contribution in [3.63, 3.8) is 0 Å². The van der Waals surface area contributed by atoms with E-state index in [9.17, 15) is 4.79 Å². The van der Waals surface area contributed by atoms with Gasteiger partial charge in [-0.25, -0.2) is 10.8 Å². The van der Waals surface area contributed by atoms with Gasteiger partial charge in [-0.3, -0.25) is 10.2 Å². The summed E-state index contributed by atoms with van der Waals surface area (Å²) in [5.74, 6) is 4.72. The molecule has 0 saturated carbocycles. The number of thiazole rings is 1. The van der Waals surface area contributed by atoms with Gasteiger partial charge >= 0.3 is 0 Å². The van der Waals surface area contributed by atoms with Gasteiger partial charge in [0.1, 0.15) is 9.88 Å². The summed E-state index contributed by atoms with van der Waals surface area (Å²) in [6, 6.07) is 9.69. The number of hydrogen-bond donors (Lipinski definition) is 2. The summed E-state index contributed by atoms with van der Waals surface area (Å²) in [5.41, 5.74) is 3.08. The molecule has 1 aromatic carbocycles. The minimum Gasteiger partial charge on any atom is -0.289 e. The zero-order valence-corrected chi connectivity index (χ0v) is 8.62. The van der Waals surface area contributed by atoms with Gasteiger partial charge in [-0.15, -0.1) is 11.3 Å². The van der Waals surface area contributed by atoms with Gasteiger partial charge in [0.2, 0.25) is 0 Å². The van der Waals surface area contributed by atoms with E-state index in [1.807, 2.05) is 30.3 Å². The number of hydrazine groups is 1. The van der Waals surface area contributed by atoms with Gasteiger partial charge in [-0.2, -0.15) is 0 Å². The monoisotopic (exact) mass is 219 g/mol. The number of carbonyl (C=O) groups excluding carboxylic acids is 1. The second kappa shape index (κ2) is 4.20. The van der Waals surface area contributed by atoms with E-state index in [1.165, 1.54) is 17.5 Å². The molecule has 0 unspecified atom stereocenters. The van der Waals surface area contributed by atoms with Crippen molar-refractivity contribution in [2.24, 2.45) is 5.84 Å². The maximum atomic E-state index is 11.2. The first kappa shape index (κ1) is 9.82. The summed E-state index contributed by atoms with van der Waals surface area (Å²) in [6.45, 7) is 0. The van der Waals surface area contributed by atoms with Gasteiger partial charge in [0.05, 0.1) is 6.20 Å². The minimum atomic E-state index is -0.310. The molecular weight excluding hydrogens is 210 g/mol. The van der Waals surface area contributed by atoms with Crippen LogP contribution in [0.3, 0.4) is 0 Å². The van der Waals surface area contributed by atoms with Crippen LogP contribution in [0.15, 0.2) is 36.5 Å². The van der Waals surface area contributed by atoms with Crippen molar-refractivity contribution in [1.29, 1.82) is 0 Å². The highest BCUT2D eigenvalue weighted by Gasteiger charge is 2.09. The van der Waals surface area contributed by atoms with Crippen LogP contribution in [0.5, 0.6) is 0 Å². The second-order valence-corrected chi connectivity index (χ2v) is 3.90. The number of rotatable bonds is 2. The maximum Gasteiger partial charge on any atom is 0.276 e. The third kappa shape index (κ3) is 2.03. The van der Waals surface area contributed by atoms with Crippen molar-refractivity contribution in [2.75, 3.05) is 0 Å².